The van der Waals surface area contributed by atoms with Gasteiger partial charge in [-0.1, -0.05) is 29.8 Å². The van der Waals surface area contributed by atoms with Crippen molar-refractivity contribution in [3.63, 3.8) is 0 Å². The Labute approximate surface area is 240 Å². The Morgan fingerprint density at radius 3 is 2.25 bits per heavy atom. The summed E-state index contributed by atoms with van der Waals surface area (Å²) in [6.07, 6.45) is 0.701. The lowest BCUT2D eigenvalue weighted by atomic mass is 9.75. The number of piperazine rings is 1. The van der Waals surface area contributed by atoms with Gasteiger partial charge in [0.15, 0.2) is 11.5 Å². The molecule has 7 nitrogen and oxygen atoms in total. The molecule has 0 radical (unpaired) electrons. The minimum atomic E-state index is -0.498. The van der Waals surface area contributed by atoms with Gasteiger partial charge in [-0.05, 0) is 79.4 Å². The predicted molar refractivity (Wildman–Crippen MR) is 156 cm³/mol. The van der Waals surface area contributed by atoms with E-state index in [0.29, 0.717) is 61.4 Å². The highest BCUT2D eigenvalue weighted by Gasteiger charge is 2.48. The molecule has 0 bridgehead atoms. The number of carbonyl (C=O) groups excluding carboxylic acids is 2. The van der Waals surface area contributed by atoms with E-state index in [1.807, 2.05) is 84.3 Å². The van der Waals surface area contributed by atoms with Crippen molar-refractivity contribution in [3.05, 3.63) is 87.9 Å². The monoisotopic (exact) mass is 559 g/mol. The lowest BCUT2D eigenvalue weighted by Crippen LogP contribution is -2.54. The molecule has 1 saturated heterocycles. The van der Waals surface area contributed by atoms with E-state index >= 15 is 0 Å². The van der Waals surface area contributed by atoms with Gasteiger partial charge in [-0.25, -0.2) is 0 Å². The number of halogens is 1. The molecule has 2 amide bonds. The molecule has 8 heteroatoms. The molecular formula is C32H34ClN3O4. The fraction of sp³-hybridized carbons (Fsp3) is 0.375. The van der Waals surface area contributed by atoms with Crippen molar-refractivity contribution in [3.8, 4) is 11.5 Å². The number of amides is 2. The highest BCUT2D eigenvalue weighted by Crippen LogP contribution is 2.49. The van der Waals surface area contributed by atoms with Crippen LogP contribution in [0.25, 0.3) is 0 Å². The van der Waals surface area contributed by atoms with Gasteiger partial charge in [0.1, 0.15) is 0 Å². The molecule has 3 aliphatic rings. The predicted octanol–water partition coefficient (Wildman–Crippen LogP) is 5.32. The lowest BCUT2D eigenvalue weighted by Gasteiger charge is -2.47. The third-order valence-corrected chi connectivity index (χ3v) is 8.49. The fourth-order valence-electron chi connectivity index (χ4n) is 6.37. The average molecular weight is 560 g/mol. The number of ether oxygens (including phenoxy) is 2. The number of benzene rings is 3. The zero-order chi connectivity index (χ0) is 27.8. The number of carbonyl (C=O) groups is 2. The summed E-state index contributed by atoms with van der Waals surface area (Å²) < 4.78 is 11.9. The Morgan fingerprint density at radius 2 is 1.55 bits per heavy atom. The fourth-order valence-corrected chi connectivity index (χ4v) is 6.50. The summed E-state index contributed by atoms with van der Waals surface area (Å²) in [6.45, 7) is 8.17. The van der Waals surface area contributed by atoms with E-state index in [1.54, 1.807) is 0 Å². The molecule has 0 spiro atoms. The van der Waals surface area contributed by atoms with Crippen molar-refractivity contribution < 1.29 is 19.1 Å². The highest BCUT2D eigenvalue weighted by molar-refractivity contribution is 6.30. The molecule has 2 unspecified atom stereocenters. The molecular weight excluding hydrogens is 526 g/mol. The summed E-state index contributed by atoms with van der Waals surface area (Å²) in [6, 6.07) is 19.1. The molecule has 0 aromatic heterocycles. The molecule has 40 heavy (non-hydrogen) atoms. The molecule has 208 valence electrons. The molecule has 6 rings (SSSR count). The summed E-state index contributed by atoms with van der Waals surface area (Å²) >= 11 is 6.08. The van der Waals surface area contributed by atoms with Crippen molar-refractivity contribution in [2.75, 3.05) is 50.8 Å². The number of hydrogen-bond donors (Lipinski definition) is 0. The van der Waals surface area contributed by atoms with Gasteiger partial charge in [0.05, 0.1) is 25.2 Å². The summed E-state index contributed by atoms with van der Waals surface area (Å²) in [5, 5.41) is 0.710. The van der Waals surface area contributed by atoms with Crippen LogP contribution in [0.15, 0.2) is 60.7 Å². The van der Waals surface area contributed by atoms with E-state index in [4.69, 9.17) is 21.1 Å². The first-order valence-corrected chi connectivity index (χ1v) is 14.5. The number of fused-ring (bicyclic) bond motifs is 4. The zero-order valence-corrected chi connectivity index (χ0v) is 23.7. The van der Waals surface area contributed by atoms with E-state index in [0.717, 1.165) is 35.5 Å². The first-order chi connectivity index (χ1) is 19.5. The number of hydrogen-bond acceptors (Lipinski definition) is 5. The van der Waals surface area contributed by atoms with Crippen molar-refractivity contribution in [1.82, 2.24) is 9.80 Å². The van der Waals surface area contributed by atoms with Gasteiger partial charge in [0, 0.05) is 49.0 Å². The van der Waals surface area contributed by atoms with Crippen LogP contribution in [-0.4, -0.2) is 67.6 Å². The van der Waals surface area contributed by atoms with Crippen LogP contribution in [0.5, 0.6) is 11.5 Å². The second-order valence-corrected chi connectivity index (χ2v) is 10.8. The van der Waals surface area contributed by atoms with Crippen molar-refractivity contribution >= 4 is 29.1 Å². The van der Waals surface area contributed by atoms with Crippen LogP contribution in [0.4, 0.5) is 5.69 Å². The molecule has 3 heterocycles. The Morgan fingerprint density at radius 1 is 0.875 bits per heavy atom. The van der Waals surface area contributed by atoms with Gasteiger partial charge in [-0.2, -0.15) is 0 Å². The Hall–Kier alpha value is -3.71. The summed E-state index contributed by atoms with van der Waals surface area (Å²) in [5.41, 5.74) is 4.60. The van der Waals surface area contributed by atoms with Crippen LogP contribution in [-0.2, 0) is 11.2 Å². The SMILES string of the molecule is CCOc1cc2c(cc1OCC)C1C(C(=O)N3CCN(c4ccc(Cl)cc4)CC3)c3ccccc3C(=O)N1CC2. The minimum absolute atomic E-state index is 0.0188. The third-order valence-electron chi connectivity index (χ3n) is 8.23. The van der Waals surface area contributed by atoms with Crippen LogP contribution in [0.3, 0.4) is 0 Å². The van der Waals surface area contributed by atoms with E-state index in [1.165, 1.54) is 0 Å². The Kier molecular flexibility index (Phi) is 7.32. The van der Waals surface area contributed by atoms with Gasteiger partial charge < -0.3 is 24.2 Å². The molecule has 3 aliphatic heterocycles. The highest BCUT2D eigenvalue weighted by atomic mass is 35.5. The van der Waals surface area contributed by atoms with E-state index in [9.17, 15) is 9.59 Å². The van der Waals surface area contributed by atoms with Crippen LogP contribution >= 0.6 is 11.6 Å². The smallest absolute Gasteiger partial charge is 0.254 e. The van der Waals surface area contributed by atoms with Crippen molar-refractivity contribution in [1.29, 1.82) is 0 Å². The molecule has 0 aliphatic carbocycles. The second-order valence-electron chi connectivity index (χ2n) is 10.4. The van der Waals surface area contributed by atoms with Crippen LogP contribution < -0.4 is 14.4 Å². The maximum absolute atomic E-state index is 14.5. The molecule has 0 N–H and O–H groups in total. The maximum Gasteiger partial charge on any atom is 0.254 e. The van der Waals surface area contributed by atoms with E-state index in [2.05, 4.69) is 4.90 Å². The third kappa shape index (κ3) is 4.66. The molecule has 3 aromatic rings. The molecule has 1 fully saturated rings. The molecule has 3 aromatic carbocycles. The van der Waals surface area contributed by atoms with E-state index < -0.39 is 12.0 Å². The quantitative estimate of drug-likeness (QED) is 0.409. The van der Waals surface area contributed by atoms with Crippen molar-refractivity contribution in [2.24, 2.45) is 0 Å². The first kappa shape index (κ1) is 26.5. The minimum Gasteiger partial charge on any atom is -0.490 e. The molecule has 0 saturated carbocycles. The number of anilines is 1. The van der Waals surface area contributed by atoms with Gasteiger partial charge in [-0.15, -0.1) is 0 Å². The van der Waals surface area contributed by atoms with Gasteiger partial charge >= 0.3 is 0 Å². The van der Waals surface area contributed by atoms with Crippen molar-refractivity contribution in [2.45, 2.75) is 32.2 Å². The largest absolute Gasteiger partial charge is 0.490 e. The zero-order valence-electron chi connectivity index (χ0n) is 22.9. The summed E-state index contributed by atoms with van der Waals surface area (Å²) in [7, 11) is 0. The van der Waals surface area contributed by atoms with E-state index in [-0.39, 0.29) is 11.8 Å². The second kappa shape index (κ2) is 11.0. The number of nitrogens with zero attached hydrogens (tertiary/aromatic N) is 3. The first-order valence-electron chi connectivity index (χ1n) is 14.1. The Bertz CT molecular complexity index is 1420. The lowest BCUT2D eigenvalue weighted by molar-refractivity contribution is -0.135. The topological polar surface area (TPSA) is 62.3 Å². The summed E-state index contributed by atoms with van der Waals surface area (Å²) in [5.74, 6) is 0.905. The van der Waals surface area contributed by atoms with Gasteiger partial charge in [0.2, 0.25) is 5.91 Å². The standard InChI is InChI=1S/C32H34ClN3O4/c1-3-39-27-19-21-13-14-36-30(26(21)20-28(27)40-4-2)29(24-7-5-6-8-25(24)31(36)37)32(38)35-17-15-34(16-18-35)23-11-9-22(33)10-12-23/h5-12,19-20,29-30H,3-4,13-18H2,1-2H3. The van der Waals surface area contributed by atoms with Gasteiger partial charge in [-0.3, -0.25) is 9.59 Å². The normalized spacial score (nSPS) is 20.0. The van der Waals surface area contributed by atoms with Crippen LogP contribution in [0.1, 0.15) is 52.9 Å². The average Bonchev–Trinajstić information content (AvgIpc) is 2.98. The molecule has 2 atom stereocenters. The number of rotatable bonds is 6. The maximum atomic E-state index is 14.5. The Balaban J connectivity index is 1.36. The van der Waals surface area contributed by atoms with Crippen LogP contribution in [0, 0.1) is 0 Å². The van der Waals surface area contributed by atoms with Crippen LogP contribution in [0.2, 0.25) is 5.02 Å². The van der Waals surface area contributed by atoms with Gasteiger partial charge in [0.25, 0.3) is 5.91 Å². The summed E-state index contributed by atoms with van der Waals surface area (Å²) in [4.78, 5) is 34.3.